The number of rotatable bonds is 9. The SMILES string of the molecule is CCCCCSC(C(=O)O)C(C)Cc1ccccc1. The van der Waals surface area contributed by atoms with Gasteiger partial charge in [-0.3, -0.25) is 4.79 Å². The van der Waals surface area contributed by atoms with Gasteiger partial charge >= 0.3 is 5.97 Å². The molecule has 0 fully saturated rings. The zero-order valence-corrected chi connectivity index (χ0v) is 12.7. The minimum absolute atomic E-state index is 0.159. The van der Waals surface area contributed by atoms with Crippen molar-refractivity contribution in [1.82, 2.24) is 0 Å². The van der Waals surface area contributed by atoms with Gasteiger partial charge in [-0.2, -0.15) is 0 Å². The van der Waals surface area contributed by atoms with E-state index < -0.39 is 5.97 Å². The summed E-state index contributed by atoms with van der Waals surface area (Å²) in [6.07, 6.45) is 4.31. The average Bonchev–Trinajstić information content (AvgIpc) is 2.39. The molecule has 1 rings (SSSR count). The highest BCUT2D eigenvalue weighted by Crippen LogP contribution is 2.24. The molecule has 2 atom stereocenters. The fraction of sp³-hybridized carbons (Fsp3) is 0.562. The Morgan fingerprint density at radius 3 is 2.53 bits per heavy atom. The maximum Gasteiger partial charge on any atom is 0.316 e. The molecule has 0 radical (unpaired) electrons. The van der Waals surface area contributed by atoms with Gasteiger partial charge in [-0.15, -0.1) is 11.8 Å². The fourth-order valence-corrected chi connectivity index (χ4v) is 3.33. The molecule has 1 aromatic rings. The van der Waals surface area contributed by atoms with Crippen molar-refractivity contribution in [3.8, 4) is 0 Å². The topological polar surface area (TPSA) is 37.3 Å². The Labute approximate surface area is 120 Å². The Kier molecular flexibility index (Phi) is 7.65. The van der Waals surface area contributed by atoms with Crippen molar-refractivity contribution in [2.24, 2.45) is 5.92 Å². The molecule has 0 saturated heterocycles. The first-order valence-corrected chi connectivity index (χ1v) is 8.08. The molecule has 2 nitrogen and oxygen atoms in total. The lowest BCUT2D eigenvalue weighted by Crippen LogP contribution is -2.26. The number of carboxylic acids is 1. The Bertz CT molecular complexity index is 364. The van der Waals surface area contributed by atoms with E-state index in [1.165, 1.54) is 18.4 Å². The van der Waals surface area contributed by atoms with E-state index in [0.29, 0.717) is 0 Å². The second kappa shape index (κ2) is 9.03. The minimum atomic E-state index is -0.676. The van der Waals surface area contributed by atoms with Crippen molar-refractivity contribution in [3.05, 3.63) is 35.9 Å². The molecule has 1 N–H and O–H groups in total. The Morgan fingerprint density at radius 1 is 1.26 bits per heavy atom. The highest BCUT2D eigenvalue weighted by molar-refractivity contribution is 8.00. The van der Waals surface area contributed by atoms with Crippen LogP contribution in [-0.4, -0.2) is 22.1 Å². The zero-order chi connectivity index (χ0) is 14.1. The molecule has 0 saturated carbocycles. The van der Waals surface area contributed by atoms with Crippen LogP contribution in [0, 0.1) is 5.92 Å². The number of benzene rings is 1. The molecule has 106 valence electrons. The third-order valence-corrected chi connectivity index (χ3v) is 4.76. The van der Waals surface area contributed by atoms with Gasteiger partial charge < -0.3 is 5.11 Å². The summed E-state index contributed by atoms with van der Waals surface area (Å²) in [5.74, 6) is 0.431. The minimum Gasteiger partial charge on any atom is -0.480 e. The smallest absolute Gasteiger partial charge is 0.316 e. The van der Waals surface area contributed by atoms with E-state index in [4.69, 9.17) is 0 Å². The first kappa shape index (κ1) is 16.1. The molecule has 0 aliphatic rings. The van der Waals surface area contributed by atoms with Crippen LogP contribution in [0.1, 0.15) is 38.7 Å². The number of aliphatic carboxylic acids is 1. The molecule has 3 heteroatoms. The van der Waals surface area contributed by atoms with E-state index in [-0.39, 0.29) is 11.2 Å². The summed E-state index contributed by atoms with van der Waals surface area (Å²) in [5, 5.41) is 9.06. The predicted molar refractivity (Wildman–Crippen MR) is 82.7 cm³/mol. The van der Waals surface area contributed by atoms with Crippen LogP contribution in [0.3, 0.4) is 0 Å². The van der Waals surface area contributed by atoms with Crippen molar-refractivity contribution in [2.75, 3.05) is 5.75 Å². The zero-order valence-electron chi connectivity index (χ0n) is 11.8. The van der Waals surface area contributed by atoms with E-state index in [0.717, 1.165) is 18.6 Å². The lowest BCUT2D eigenvalue weighted by atomic mass is 9.98. The van der Waals surface area contributed by atoms with E-state index in [2.05, 4.69) is 19.1 Å². The summed E-state index contributed by atoms with van der Waals surface area (Å²) in [6, 6.07) is 10.1. The number of carbonyl (C=O) groups is 1. The molecular weight excluding hydrogens is 256 g/mol. The lowest BCUT2D eigenvalue weighted by molar-refractivity contribution is -0.137. The van der Waals surface area contributed by atoms with E-state index in [1.54, 1.807) is 11.8 Å². The quantitative estimate of drug-likeness (QED) is 0.687. The normalized spacial score (nSPS) is 14.0. The van der Waals surface area contributed by atoms with Gasteiger partial charge in [0, 0.05) is 0 Å². The summed E-state index contributed by atoms with van der Waals surface area (Å²) in [4.78, 5) is 11.4. The molecule has 19 heavy (non-hydrogen) atoms. The summed E-state index contributed by atoms with van der Waals surface area (Å²) < 4.78 is 0. The predicted octanol–water partition coefficient (Wildman–Crippen LogP) is 4.24. The second-order valence-electron chi connectivity index (χ2n) is 5.00. The third kappa shape index (κ3) is 6.15. The van der Waals surface area contributed by atoms with Gasteiger partial charge in [-0.1, -0.05) is 57.0 Å². The van der Waals surface area contributed by atoms with Gasteiger partial charge in [0.1, 0.15) is 5.25 Å². The van der Waals surface area contributed by atoms with Crippen molar-refractivity contribution >= 4 is 17.7 Å². The number of thioether (sulfide) groups is 1. The number of hydrogen-bond donors (Lipinski definition) is 1. The highest BCUT2D eigenvalue weighted by atomic mass is 32.2. The molecular formula is C16H24O2S. The molecule has 0 aliphatic carbocycles. The standard InChI is InChI=1S/C16H24O2S/c1-3-4-8-11-19-15(16(17)18)13(2)12-14-9-6-5-7-10-14/h5-7,9-10,13,15H,3-4,8,11-12H2,1-2H3,(H,17,18). The fourth-order valence-electron chi connectivity index (χ4n) is 2.13. The van der Waals surface area contributed by atoms with Gasteiger partial charge in [0.25, 0.3) is 0 Å². The van der Waals surface area contributed by atoms with Crippen LogP contribution in [0.5, 0.6) is 0 Å². The molecule has 2 unspecified atom stereocenters. The summed E-state index contributed by atoms with van der Waals surface area (Å²) in [6.45, 7) is 4.20. The van der Waals surface area contributed by atoms with Crippen LogP contribution in [0.25, 0.3) is 0 Å². The Hall–Kier alpha value is -0.960. The summed E-state index contributed by atoms with van der Waals surface area (Å²) >= 11 is 1.60. The molecule has 0 aromatic heterocycles. The molecule has 0 bridgehead atoms. The number of carboxylic acid groups (broad SMARTS) is 1. The van der Waals surface area contributed by atoms with Gasteiger partial charge in [-0.25, -0.2) is 0 Å². The van der Waals surface area contributed by atoms with Gasteiger partial charge in [0.05, 0.1) is 0 Å². The maximum atomic E-state index is 11.4. The first-order valence-electron chi connectivity index (χ1n) is 7.03. The molecule has 0 heterocycles. The van der Waals surface area contributed by atoms with Gasteiger partial charge in [0.2, 0.25) is 0 Å². The van der Waals surface area contributed by atoms with Crippen LogP contribution < -0.4 is 0 Å². The summed E-state index contributed by atoms with van der Waals surface area (Å²) in [7, 11) is 0. The Morgan fingerprint density at radius 2 is 1.95 bits per heavy atom. The van der Waals surface area contributed by atoms with Crippen molar-refractivity contribution in [3.63, 3.8) is 0 Å². The van der Waals surface area contributed by atoms with Crippen LogP contribution in [0.2, 0.25) is 0 Å². The maximum absolute atomic E-state index is 11.4. The molecule has 0 amide bonds. The molecule has 0 aliphatic heterocycles. The largest absolute Gasteiger partial charge is 0.480 e. The first-order chi connectivity index (χ1) is 9.15. The van der Waals surface area contributed by atoms with E-state index in [1.807, 2.05) is 25.1 Å². The monoisotopic (exact) mass is 280 g/mol. The van der Waals surface area contributed by atoms with E-state index >= 15 is 0 Å². The van der Waals surface area contributed by atoms with Crippen LogP contribution in [0.15, 0.2) is 30.3 Å². The highest BCUT2D eigenvalue weighted by Gasteiger charge is 2.24. The number of hydrogen-bond acceptors (Lipinski definition) is 2. The van der Waals surface area contributed by atoms with Crippen LogP contribution >= 0.6 is 11.8 Å². The number of unbranched alkanes of at least 4 members (excludes halogenated alkanes) is 2. The average molecular weight is 280 g/mol. The van der Waals surface area contributed by atoms with Crippen molar-refractivity contribution < 1.29 is 9.90 Å². The second-order valence-corrected chi connectivity index (χ2v) is 6.25. The Balaban J connectivity index is 2.48. The van der Waals surface area contributed by atoms with Gasteiger partial charge in [-0.05, 0) is 30.1 Å². The van der Waals surface area contributed by atoms with Gasteiger partial charge in [0.15, 0.2) is 0 Å². The van der Waals surface area contributed by atoms with E-state index in [9.17, 15) is 9.90 Å². The molecule has 0 spiro atoms. The van der Waals surface area contributed by atoms with Crippen LogP contribution in [-0.2, 0) is 11.2 Å². The lowest BCUT2D eigenvalue weighted by Gasteiger charge is -2.19. The van der Waals surface area contributed by atoms with Crippen molar-refractivity contribution in [1.29, 1.82) is 0 Å². The summed E-state index contributed by atoms with van der Waals surface area (Å²) in [5.41, 5.74) is 1.22. The third-order valence-electron chi connectivity index (χ3n) is 3.21. The molecule has 1 aromatic carbocycles. The van der Waals surface area contributed by atoms with Crippen molar-refractivity contribution in [2.45, 2.75) is 44.8 Å². The van der Waals surface area contributed by atoms with Crippen LogP contribution in [0.4, 0.5) is 0 Å².